The van der Waals surface area contributed by atoms with Gasteiger partial charge in [-0.3, -0.25) is 4.79 Å². The number of carboxylic acid groups (broad SMARTS) is 1. The fourth-order valence-electron chi connectivity index (χ4n) is 2.38. The number of halogens is 1. The third kappa shape index (κ3) is 4.97. The second-order valence-electron chi connectivity index (χ2n) is 5.77. The maximum Gasteiger partial charge on any atom is 0.337 e. The molecule has 2 N–H and O–H groups in total. The Bertz CT molecular complexity index is 760. The lowest BCUT2D eigenvalue weighted by atomic mass is 10.1. The highest BCUT2D eigenvalue weighted by Crippen LogP contribution is 2.24. The number of carbonyl (C=O) groups is 2. The molecule has 0 aliphatic rings. The Morgan fingerprint density at radius 3 is 2.44 bits per heavy atom. The second kappa shape index (κ2) is 8.53. The van der Waals surface area contributed by atoms with Gasteiger partial charge >= 0.3 is 5.97 Å². The maximum atomic E-state index is 12.3. The predicted octanol–water partition coefficient (Wildman–Crippen LogP) is 4.53. The minimum absolute atomic E-state index is 0.0585. The van der Waals surface area contributed by atoms with Crippen LogP contribution in [0.4, 0.5) is 11.4 Å². The van der Waals surface area contributed by atoms with Crippen molar-refractivity contribution >= 4 is 34.9 Å². The Balaban J connectivity index is 2.23. The molecule has 0 heterocycles. The van der Waals surface area contributed by atoms with Gasteiger partial charge in [0.1, 0.15) is 0 Å². The second-order valence-corrected chi connectivity index (χ2v) is 6.21. The van der Waals surface area contributed by atoms with Crippen LogP contribution in [0, 0.1) is 0 Å². The van der Waals surface area contributed by atoms with Crippen LogP contribution in [0.25, 0.3) is 0 Å². The first-order valence-electron chi connectivity index (χ1n) is 8.07. The van der Waals surface area contributed by atoms with E-state index in [0.29, 0.717) is 10.6 Å². The molecule has 132 valence electrons. The lowest BCUT2D eigenvalue weighted by molar-refractivity contribution is 0.0698. The molecule has 0 atom stereocenters. The van der Waals surface area contributed by atoms with Crippen LogP contribution in [0.15, 0.2) is 42.5 Å². The zero-order chi connectivity index (χ0) is 18.4. The molecule has 0 unspecified atom stereocenters. The van der Waals surface area contributed by atoms with E-state index < -0.39 is 5.97 Å². The van der Waals surface area contributed by atoms with Crippen molar-refractivity contribution in [3.63, 3.8) is 0 Å². The Hall–Kier alpha value is -2.53. The largest absolute Gasteiger partial charge is 0.478 e. The standard InChI is InChI=1S/C19H21ClN2O3/c1-3-4-11-22(2)15-9-10-17(16(12-15)19(24)25)21-18(23)13-5-7-14(20)8-6-13/h5-10,12H,3-4,11H2,1-2H3,(H,21,23)(H,24,25). The minimum Gasteiger partial charge on any atom is -0.478 e. The molecule has 0 bridgehead atoms. The van der Waals surface area contributed by atoms with Crippen LogP contribution >= 0.6 is 11.6 Å². The first kappa shape index (κ1) is 18.8. The molecule has 0 radical (unpaired) electrons. The summed E-state index contributed by atoms with van der Waals surface area (Å²) < 4.78 is 0. The van der Waals surface area contributed by atoms with Gasteiger partial charge < -0.3 is 15.3 Å². The maximum absolute atomic E-state index is 12.3. The summed E-state index contributed by atoms with van der Waals surface area (Å²) in [5.74, 6) is -1.47. The summed E-state index contributed by atoms with van der Waals surface area (Å²) in [7, 11) is 1.92. The normalized spacial score (nSPS) is 10.4. The summed E-state index contributed by atoms with van der Waals surface area (Å²) in [6, 6.07) is 11.4. The molecule has 0 aliphatic carbocycles. The molecule has 2 rings (SSSR count). The van der Waals surface area contributed by atoms with E-state index in [4.69, 9.17) is 11.6 Å². The third-order valence-corrected chi connectivity index (χ3v) is 4.13. The molecule has 2 aromatic rings. The Morgan fingerprint density at radius 2 is 1.84 bits per heavy atom. The molecule has 2 aromatic carbocycles. The van der Waals surface area contributed by atoms with Gasteiger partial charge in [-0.1, -0.05) is 24.9 Å². The topological polar surface area (TPSA) is 69.6 Å². The van der Waals surface area contributed by atoms with E-state index in [1.807, 2.05) is 11.9 Å². The van der Waals surface area contributed by atoms with Crippen LogP contribution < -0.4 is 10.2 Å². The van der Waals surface area contributed by atoms with E-state index in [2.05, 4.69) is 12.2 Å². The lowest BCUT2D eigenvalue weighted by Gasteiger charge is -2.20. The molecular formula is C19H21ClN2O3. The van der Waals surface area contributed by atoms with E-state index in [0.717, 1.165) is 25.1 Å². The number of amides is 1. The van der Waals surface area contributed by atoms with Crippen molar-refractivity contribution in [1.82, 2.24) is 0 Å². The van der Waals surface area contributed by atoms with E-state index in [-0.39, 0.29) is 17.2 Å². The van der Waals surface area contributed by atoms with Crippen molar-refractivity contribution in [2.75, 3.05) is 23.8 Å². The molecule has 0 aliphatic heterocycles. The van der Waals surface area contributed by atoms with Crippen LogP contribution in [0.1, 0.15) is 40.5 Å². The molecule has 0 aromatic heterocycles. The van der Waals surface area contributed by atoms with E-state index >= 15 is 0 Å². The summed E-state index contributed by atoms with van der Waals surface area (Å²) in [6.07, 6.45) is 2.08. The van der Waals surface area contributed by atoms with Crippen molar-refractivity contribution in [1.29, 1.82) is 0 Å². The van der Waals surface area contributed by atoms with Gasteiger partial charge in [0.05, 0.1) is 11.3 Å². The van der Waals surface area contributed by atoms with Crippen LogP contribution in [-0.4, -0.2) is 30.6 Å². The van der Waals surface area contributed by atoms with Crippen molar-refractivity contribution < 1.29 is 14.7 Å². The number of hydrogen-bond acceptors (Lipinski definition) is 3. The van der Waals surface area contributed by atoms with Crippen molar-refractivity contribution in [3.05, 3.63) is 58.6 Å². The van der Waals surface area contributed by atoms with Gasteiger partial charge in [-0.25, -0.2) is 4.79 Å². The zero-order valence-corrected chi connectivity index (χ0v) is 15.0. The fraction of sp³-hybridized carbons (Fsp3) is 0.263. The third-order valence-electron chi connectivity index (χ3n) is 3.88. The van der Waals surface area contributed by atoms with Gasteiger partial charge in [0.15, 0.2) is 0 Å². The highest BCUT2D eigenvalue weighted by Gasteiger charge is 2.15. The Labute approximate surface area is 152 Å². The van der Waals surface area contributed by atoms with Gasteiger partial charge in [0.2, 0.25) is 0 Å². The van der Waals surface area contributed by atoms with Crippen molar-refractivity contribution in [3.8, 4) is 0 Å². The highest BCUT2D eigenvalue weighted by molar-refractivity contribution is 6.30. The predicted molar refractivity (Wildman–Crippen MR) is 101 cm³/mol. The number of nitrogens with one attached hydrogen (secondary N) is 1. The number of aromatic carboxylic acids is 1. The number of carboxylic acids is 1. The van der Waals surface area contributed by atoms with E-state index in [1.165, 1.54) is 0 Å². The number of carbonyl (C=O) groups excluding carboxylic acids is 1. The van der Waals surface area contributed by atoms with Crippen LogP contribution in [-0.2, 0) is 0 Å². The van der Waals surface area contributed by atoms with Crippen LogP contribution in [0.5, 0.6) is 0 Å². The van der Waals surface area contributed by atoms with E-state index in [1.54, 1.807) is 42.5 Å². The van der Waals surface area contributed by atoms with Gasteiger partial charge in [-0.2, -0.15) is 0 Å². The minimum atomic E-state index is -1.09. The summed E-state index contributed by atoms with van der Waals surface area (Å²) in [5.41, 5.74) is 1.53. The first-order valence-corrected chi connectivity index (χ1v) is 8.45. The lowest BCUT2D eigenvalue weighted by Crippen LogP contribution is -2.20. The van der Waals surface area contributed by atoms with Gasteiger partial charge in [-0.05, 0) is 48.9 Å². The Morgan fingerprint density at radius 1 is 1.16 bits per heavy atom. The summed E-state index contributed by atoms with van der Waals surface area (Å²) in [6.45, 7) is 2.94. The first-order chi connectivity index (χ1) is 11.9. The van der Waals surface area contributed by atoms with Gasteiger partial charge in [0, 0.05) is 29.9 Å². The molecule has 6 heteroatoms. The summed E-state index contributed by atoms with van der Waals surface area (Å²) in [4.78, 5) is 25.9. The van der Waals surface area contributed by atoms with Crippen LogP contribution in [0.3, 0.4) is 0 Å². The number of nitrogens with zero attached hydrogens (tertiary/aromatic N) is 1. The molecule has 1 amide bonds. The summed E-state index contributed by atoms with van der Waals surface area (Å²) >= 11 is 5.81. The van der Waals surface area contributed by atoms with Crippen LogP contribution in [0.2, 0.25) is 5.02 Å². The van der Waals surface area contributed by atoms with Gasteiger partial charge in [0.25, 0.3) is 5.91 Å². The van der Waals surface area contributed by atoms with Gasteiger partial charge in [-0.15, -0.1) is 0 Å². The Kier molecular flexibility index (Phi) is 6.42. The fourth-order valence-corrected chi connectivity index (χ4v) is 2.50. The molecule has 0 spiro atoms. The SMILES string of the molecule is CCCCN(C)c1ccc(NC(=O)c2ccc(Cl)cc2)c(C(=O)O)c1. The highest BCUT2D eigenvalue weighted by atomic mass is 35.5. The molecular weight excluding hydrogens is 340 g/mol. The summed E-state index contributed by atoms with van der Waals surface area (Å²) in [5, 5.41) is 12.7. The number of anilines is 2. The van der Waals surface area contributed by atoms with E-state index in [9.17, 15) is 14.7 Å². The van der Waals surface area contributed by atoms with Crippen molar-refractivity contribution in [2.45, 2.75) is 19.8 Å². The smallest absolute Gasteiger partial charge is 0.337 e. The number of hydrogen-bond donors (Lipinski definition) is 2. The molecule has 0 saturated heterocycles. The quantitative estimate of drug-likeness (QED) is 0.761. The number of benzene rings is 2. The van der Waals surface area contributed by atoms with Crippen molar-refractivity contribution in [2.24, 2.45) is 0 Å². The molecule has 5 nitrogen and oxygen atoms in total. The number of unbranched alkanes of at least 4 members (excludes halogenated alkanes) is 1. The molecule has 0 saturated carbocycles. The average Bonchev–Trinajstić information content (AvgIpc) is 2.60. The number of rotatable bonds is 7. The monoisotopic (exact) mass is 360 g/mol. The molecule has 0 fully saturated rings. The molecule has 25 heavy (non-hydrogen) atoms. The zero-order valence-electron chi connectivity index (χ0n) is 14.3. The average molecular weight is 361 g/mol.